The summed E-state index contributed by atoms with van der Waals surface area (Å²) in [5.41, 5.74) is 1.60. The summed E-state index contributed by atoms with van der Waals surface area (Å²) in [6.45, 7) is 2.06. The quantitative estimate of drug-likeness (QED) is 0.818. The number of nitrogens with one attached hydrogen (secondary N) is 1. The number of hydrogen-bond donors (Lipinski definition) is 2. The fraction of sp³-hybridized carbons (Fsp3) is 0.333. The Kier molecular flexibility index (Phi) is 5.17. The topological polar surface area (TPSA) is 79.5 Å². The van der Waals surface area contributed by atoms with Crippen LogP contribution in [0.1, 0.15) is 23.8 Å². The van der Waals surface area contributed by atoms with Gasteiger partial charge in [-0.05, 0) is 41.8 Å². The standard InChI is InChI=1S/C15H19NO4S/c1-2-12-5-6-15(10-13(12)11-17)21(18,19)16-8-7-14-4-3-9-20-14/h3-6,9-10,16-17H,2,7-8,11H2,1H3. The Labute approximate surface area is 124 Å². The number of aliphatic hydroxyl groups excluding tert-OH is 1. The first-order valence-corrected chi connectivity index (χ1v) is 8.30. The third-order valence-corrected chi connectivity index (χ3v) is 4.74. The molecular weight excluding hydrogens is 290 g/mol. The first kappa shape index (κ1) is 15.8. The Balaban J connectivity index is 2.08. The van der Waals surface area contributed by atoms with Crippen LogP contribution in [0.15, 0.2) is 45.9 Å². The number of rotatable bonds is 7. The van der Waals surface area contributed by atoms with Crippen LogP contribution in [0.3, 0.4) is 0 Å². The molecule has 0 unspecified atom stereocenters. The summed E-state index contributed by atoms with van der Waals surface area (Å²) in [6.07, 6.45) is 2.80. The van der Waals surface area contributed by atoms with Gasteiger partial charge in [-0.1, -0.05) is 13.0 Å². The van der Waals surface area contributed by atoms with Gasteiger partial charge in [0.1, 0.15) is 5.76 Å². The Morgan fingerprint density at radius 3 is 2.67 bits per heavy atom. The zero-order valence-corrected chi connectivity index (χ0v) is 12.7. The van der Waals surface area contributed by atoms with E-state index in [9.17, 15) is 13.5 Å². The fourth-order valence-corrected chi connectivity index (χ4v) is 3.19. The summed E-state index contributed by atoms with van der Waals surface area (Å²) >= 11 is 0. The molecule has 0 amide bonds. The lowest BCUT2D eigenvalue weighted by molar-refractivity contribution is 0.280. The van der Waals surface area contributed by atoms with E-state index < -0.39 is 10.0 Å². The summed E-state index contributed by atoms with van der Waals surface area (Å²) in [6, 6.07) is 8.39. The van der Waals surface area contributed by atoms with E-state index in [1.807, 2.05) is 6.92 Å². The molecule has 0 fully saturated rings. The van der Waals surface area contributed by atoms with Crippen LogP contribution in [-0.4, -0.2) is 20.1 Å². The van der Waals surface area contributed by atoms with Crippen molar-refractivity contribution in [1.29, 1.82) is 0 Å². The van der Waals surface area contributed by atoms with Crippen LogP contribution in [0.4, 0.5) is 0 Å². The van der Waals surface area contributed by atoms with Gasteiger partial charge < -0.3 is 9.52 Å². The van der Waals surface area contributed by atoms with Gasteiger partial charge in [0.05, 0.1) is 17.8 Å². The van der Waals surface area contributed by atoms with Gasteiger partial charge >= 0.3 is 0 Å². The monoisotopic (exact) mass is 309 g/mol. The van der Waals surface area contributed by atoms with E-state index >= 15 is 0 Å². The molecule has 0 aliphatic carbocycles. The number of sulfonamides is 1. The van der Waals surface area contributed by atoms with Crippen molar-refractivity contribution in [3.8, 4) is 0 Å². The summed E-state index contributed by atoms with van der Waals surface area (Å²) in [4.78, 5) is 0.170. The van der Waals surface area contributed by atoms with Crippen LogP contribution in [0.25, 0.3) is 0 Å². The number of hydrogen-bond acceptors (Lipinski definition) is 4. The lowest BCUT2D eigenvalue weighted by Gasteiger charge is -2.10. The predicted molar refractivity (Wildman–Crippen MR) is 79.3 cm³/mol. The Morgan fingerprint density at radius 2 is 2.05 bits per heavy atom. The molecule has 1 aromatic carbocycles. The SMILES string of the molecule is CCc1ccc(S(=O)(=O)NCCc2ccco2)cc1CO. The second-order valence-electron chi connectivity index (χ2n) is 4.67. The van der Waals surface area contributed by atoms with Crippen molar-refractivity contribution in [3.05, 3.63) is 53.5 Å². The predicted octanol–water partition coefficient (Wildman–Crippen LogP) is 1.86. The maximum atomic E-state index is 12.2. The van der Waals surface area contributed by atoms with Crippen molar-refractivity contribution in [1.82, 2.24) is 4.72 Å². The van der Waals surface area contributed by atoms with Crippen LogP contribution in [0, 0.1) is 0 Å². The van der Waals surface area contributed by atoms with E-state index in [1.54, 1.807) is 30.5 Å². The molecule has 2 aromatic rings. The van der Waals surface area contributed by atoms with Crippen LogP contribution in [0.5, 0.6) is 0 Å². The number of benzene rings is 1. The lowest BCUT2D eigenvalue weighted by atomic mass is 10.1. The van der Waals surface area contributed by atoms with Crippen LogP contribution < -0.4 is 4.72 Å². The molecule has 2 N–H and O–H groups in total. The second kappa shape index (κ2) is 6.89. The Hall–Kier alpha value is -1.63. The molecule has 6 heteroatoms. The van der Waals surface area contributed by atoms with E-state index in [2.05, 4.69) is 4.72 Å². The maximum absolute atomic E-state index is 12.2. The Morgan fingerprint density at radius 1 is 1.24 bits per heavy atom. The molecule has 21 heavy (non-hydrogen) atoms. The van der Waals surface area contributed by atoms with Crippen LogP contribution in [-0.2, 0) is 29.5 Å². The van der Waals surface area contributed by atoms with Crippen molar-refractivity contribution in [3.63, 3.8) is 0 Å². The minimum absolute atomic E-state index is 0.168. The highest BCUT2D eigenvalue weighted by molar-refractivity contribution is 7.89. The molecular formula is C15H19NO4S. The van der Waals surface area contributed by atoms with Gasteiger partial charge in [-0.25, -0.2) is 13.1 Å². The van der Waals surface area contributed by atoms with E-state index in [0.717, 1.165) is 17.7 Å². The van der Waals surface area contributed by atoms with Gasteiger partial charge in [0, 0.05) is 13.0 Å². The summed E-state index contributed by atoms with van der Waals surface area (Å²) in [5.74, 6) is 0.732. The number of furan rings is 1. The summed E-state index contributed by atoms with van der Waals surface area (Å²) < 4.78 is 32.1. The fourth-order valence-electron chi connectivity index (χ4n) is 2.11. The van der Waals surface area contributed by atoms with Crippen LogP contribution in [0.2, 0.25) is 0 Å². The molecule has 0 aliphatic rings. The molecule has 0 radical (unpaired) electrons. The highest BCUT2D eigenvalue weighted by Gasteiger charge is 2.15. The van der Waals surface area contributed by atoms with Gasteiger partial charge in [-0.3, -0.25) is 0 Å². The number of aliphatic hydroxyl groups is 1. The van der Waals surface area contributed by atoms with Crippen molar-refractivity contribution in [2.45, 2.75) is 31.3 Å². The van der Waals surface area contributed by atoms with E-state index in [4.69, 9.17) is 4.42 Å². The van der Waals surface area contributed by atoms with Gasteiger partial charge in [0.25, 0.3) is 0 Å². The molecule has 5 nitrogen and oxygen atoms in total. The third-order valence-electron chi connectivity index (χ3n) is 3.28. The van der Waals surface area contributed by atoms with Crippen molar-refractivity contribution in [2.24, 2.45) is 0 Å². The smallest absolute Gasteiger partial charge is 0.240 e. The zero-order chi connectivity index (χ0) is 15.3. The van der Waals surface area contributed by atoms with Crippen molar-refractivity contribution >= 4 is 10.0 Å². The molecule has 1 aromatic heterocycles. The summed E-state index contributed by atoms with van der Waals surface area (Å²) in [7, 11) is -3.57. The minimum Gasteiger partial charge on any atom is -0.469 e. The first-order chi connectivity index (χ1) is 10.1. The molecule has 0 aliphatic heterocycles. The normalized spacial score (nSPS) is 11.7. The number of aryl methyl sites for hydroxylation is 1. The van der Waals surface area contributed by atoms with Gasteiger partial charge in [-0.15, -0.1) is 0 Å². The van der Waals surface area contributed by atoms with E-state index in [1.165, 1.54) is 6.07 Å². The largest absolute Gasteiger partial charge is 0.469 e. The van der Waals surface area contributed by atoms with Crippen LogP contribution >= 0.6 is 0 Å². The Bertz CT molecular complexity index is 678. The van der Waals surface area contributed by atoms with E-state index in [0.29, 0.717) is 12.0 Å². The van der Waals surface area contributed by atoms with Crippen molar-refractivity contribution in [2.75, 3.05) is 6.54 Å². The van der Waals surface area contributed by atoms with Gasteiger partial charge in [0.15, 0.2) is 0 Å². The highest BCUT2D eigenvalue weighted by Crippen LogP contribution is 2.17. The molecule has 0 atom stereocenters. The van der Waals surface area contributed by atoms with Crippen molar-refractivity contribution < 1.29 is 17.9 Å². The molecule has 0 saturated carbocycles. The maximum Gasteiger partial charge on any atom is 0.240 e. The molecule has 0 saturated heterocycles. The van der Waals surface area contributed by atoms with Gasteiger partial charge in [0.2, 0.25) is 10.0 Å². The summed E-state index contributed by atoms with van der Waals surface area (Å²) in [5, 5.41) is 9.31. The second-order valence-corrected chi connectivity index (χ2v) is 6.44. The zero-order valence-electron chi connectivity index (χ0n) is 11.9. The minimum atomic E-state index is -3.57. The molecule has 1 heterocycles. The van der Waals surface area contributed by atoms with E-state index in [-0.39, 0.29) is 18.0 Å². The molecule has 0 spiro atoms. The first-order valence-electron chi connectivity index (χ1n) is 6.81. The average molecular weight is 309 g/mol. The lowest BCUT2D eigenvalue weighted by Crippen LogP contribution is -2.26. The molecule has 114 valence electrons. The third kappa shape index (κ3) is 3.93. The molecule has 0 bridgehead atoms. The van der Waals surface area contributed by atoms with Gasteiger partial charge in [-0.2, -0.15) is 0 Å². The average Bonchev–Trinajstić information content (AvgIpc) is 2.99. The highest BCUT2D eigenvalue weighted by atomic mass is 32.2. The molecule has 2 rings (SSSR count).